The highest BCUT2D eigenvalue weighted by Gasteiger charge is 1.99. The van der Waals surface area contributed by atoms with Gasteiger partial charge in [-0.3, -0.25) is 4.99 Å². The van der Waals surface area contributed by atoms with E-state index < -0.39 is 0 Å². The first-order chi connectivity index (χ1) is 12.2. The van der Waals surface area contributed by atoms with E-state index in [9.17, 15) is 4.39 Å². The molecule has 0 fully saturated rings. The number of hydrogen-bond acceptors (Lipinski definition) is 3. The number of halogens is 2. The number of aliphatic imine (C=N–C) groups is 1. The van der Waals surface area contributed by atoms with Crippen molar-refractivity contribution in [3.05, 3.63) is 59.1 Å². The zero-order valence-corrected chi connectivity index (χ0v) is 14.9. The molecule has 7 heteroatoms. The molecule has 1 aromatic carbocycles. The lowest BCUT2D eigenvalue weighted by atomic mass is 10.2. The van der Waals surface area contributed by atoms with Crippen molar-refractivity contribution >= 4 is 17.6 Å². The summed E-state index contributed by atoms with van der Waals surface area (Å²) in [6.45, 7) is 4.37. The second-order valence-electron chi connectivity index (χ2n) is 5.23. The molecule has 0 saturated heterocycles. The maximum Gasteiger partial charge on any atom is 0.191 e. The van der Waals surface area contributed by atoms with Crippen LogP contribution in [0.3, 0.4) is 0 Å². The van der Waals surface area contributed by atoms with Gasteiger partial charge in [0, 0.05) is 25.4 Å². The van der Waals surface area contributed by atoms with Crippen molar-refractivity contribution in [3.63, 3.8) is 0 Å². The van der Waals surface area contributed by atoms with Gasteiger partial charge in [0.15, 0.2) is 5.96 Å². The third-order valence-electron chi connectivity index (χ3n) is 3.26. The van der Waals surface area contributed by atoms with Crippen molar-refractivity contribution < 1.29 is 9.13 Å². The highest BCUT2D eigenvalue weighted by molar-refractivity contribution is 6.29. The molecular weight excluding hydrogens is 343 g/mol. The van der Waals surface area contributed by atoms with Crippen LogP contribution in [-0.4, -0.2) is 37.2 Å². The van der Waals surface area contributed by atoms with Crippen LogP contribution in [0.4, 0.5) is 4.39 Å². The van der Waals surface area contributed by atoms with Crippen molar-refractivity contribution in [3.8, 4) is 5.75 Å². The minimum atomic E-state index is -0.308. The van der Waals surface area contributed by atoms with Crippen molar-refractivity contribution in [2.75, 3.05) is 26.2 Å². The van der Waals surface area contributed by atoms with Gasteiger partial charge in [-0.15, -0.1) is 0 Å². The molecule has 0 aliphatic carbocycles. The Morgan fingerprint density at radius 3 is 2.88 bits per heavy atom. The molecular formula is C18H22ClFN4O. The molecule has 0 amide bonds. The predicted octanol–water partition coefficient (Wildman–Crippen LogP) is 3.05. The Balaban J connectivity index is 1.74. The summed E-state index contributed by atoms with van der Waals surface area (Å²) in [6, 6.07) is 9.81. The van der Waals surface area contributed by atoms with E-state index in [0.717, 1.165) is 18.5 Å². The largest absolute Gasteiger partial charge is 0.492 e. The molecule has 0 aliphatic heterocycles. The molecule has 134 valence electrons. The van der Waals surface area contributed by atoms with Crippen LogP contribution in [0.25, 0.3) is 0 Å². The molecule has 0 aliphatic rings. The highest BCUT2D eigenvalue weighted by Crippen LogP contribution is 2.11. The fraction of sp³-hybridized carbons (Fsp3) is 0.333. The van der Waals surface area contributed by atoms with E-state index in [1.54, 1.807) is 24.4 Å². The fourth-order valence-corrected chi connectivity index (χ4v) is 2.20. The molecule has 0 atom stereocenters. The predicted molar refractivity (Wildman–Crippen MR) is 98.8 cm³/mol. The number of nitrogens with one attached hydrogen (secondary N) is 2. The van der Waals surface area contributed by atoms with Gasteiger partial charge >= 0.3 is 0 Å². The van der Waals surface area contributed by atoms with Crippen LogP contribution in [0.1, 0.15) is 12.5 Å². The monoisotopic (exact) mass is 364 g/mol. The number of pyridine rings is 1. The summed E-state index contributed by atoms with van der Waals surface area (Å²) in [5, 5.41) is 6.84. The lowest BCUT2D eigenvalue weighted by Crippen LogP contribution is -2.39. The van der Waals surface area contributed by atoms with Gasteiger partial charge in [0.25, 0.3) is 0 Å². The lowest BCUT2D eigenvalue weighted by molar-refractivity contribution is 0.320. The average Bonchev–Trinajstić information content (AvgIpc) is 2.60. The Bertz CT molecular complexity index is 679. The minimum absolute atomic E-state index is 0.308. The van der Waals surface area contributed by atoms with Crippen LogP contribution in [0, 0.1) is 5.82 Å². The number of ether oxygens (including phenoxy) is 1. The molecule has 0 unspecified atom stereocenters. The first-order valence-electron chi connectivity index (χ1n) is 8.18. The second kappa shape index (κ2) is 10.5. The maximum absolute atomic E-state index is 13.1. The summed E-state index contributed by atoms with van der Waals surface area (Å²) in [6.07, 6.45) is 2.53. The van der Waals surface area contributed by atoms with Gasteiger partial charge in [0.05, 0.1) is 6.54 Å². The Kier molecular flexibility index (Phi) is 7.98. The van der Waals surface area contributed by atoms with E-state index in [0.29, 0.717) is 36.6 Å². The average molecular weight is 365 g/mol. The van der Waals surface area contributed by atoms with Gasteiger partial charge < -0.3 is 15.4 Å². The summed E-state index contributed by atoms with van der Waals surface area (Å²) in [5.41, 5.74) is 1.08. The quantitative estimate of drug-likeness (QED) is 0.327. The van der Waals surface area contributed by atoms with Gasteiger partial charge in [-0.25, -0.2) is 9.37 Å². The first-order valence-corrected chi connectivity index (χ1v) is 8.56. The number of aromatic nitrogens is 1. The molecule has 2 rings (SSSR count). The molecule has 0 saturated carbocycles. The summed E-state index contributed by atoms with van der Waals surface area (Å²) in [4.78, 5) is 8.56. The third-order valence-corrected chi connectivity index (χ3v) is 3.49. The maximum atomic E-state index is 13.1. The van der Waals surface area contributed by atoms with Crippen LogP contribution >= 0.6 is 11.6 Å². The van der Waals surface area contributed by atoms with E-state index in [-0.39, 0.29) is 5.82 Å². The van der Waals surface area contributed by atoms with E-state index >= 15 is 0 Å². The smallest absolute Gasteiger partial charge is 0.191 e. The Morgan fingerprint density at radius 1 is 1.28 bits per heavy atom. The number of rotatable bonds is 8. The van der Waals surface area contributed by atoms with Crippen LogP contribution in [0.15, 0.2) is 47.6 Å². The molecule has 25 heavy (non-hydrogen) atoms. The second-order valence-corrected chi connectivity index (χ2v) is 5.62. The summed E-state index contributed by atoms with van der Waals surface area (Å²) in [5.74, 6) is 0.920. The van der Waals surface area contributed by atoms with Crippen molar-refractivity contribution in [1.82, 2.24) is 15.6 Å². The van der Waals surface area contributed by atoms with E-state index in [4.69, 9.17) is 16.3 Å². The number of benzene rings is 1. The molecule has 0 bridgehead atoms. The zero-order chi connectivity index (χ0) is 17.9. The highest BCUT2D eigenvalue weighted by atomic mass is 35.5. The SMILES string of the molecule is CCNC(=NCCc1ccc(Cl)nc1)NCCOc1cccc(F)c1. The summed E-state index contributed by atoms with van der Waals surface area (Å²) in [7, 11) is 0. The van der Waals surface area contributed by atoms with E-state index in [1.807, 2.05) is 13.0 Å². The molecule has 0 radical (unpaired) electrons. The molecule has 0 spiro atoms. The van der Waals surface area contributed by atoms with Gasteiger partial charge in [0.2, 0.25) is 0 Å². The van der Waals surface area contributed by atoms with Gasteiger partial charge in [-0.05, 0) is 37.1 Å². The minimum Gasteiger partial charge on any atom is -0.492 e. The van der Waals surface area contributed by atoms with Gasteiger partial charge in [0.1, 0.15) is 23.3 Å². The molecule has 5 nitrogen and oxygen atoms in total. The molecule has 2 aromatic rings. The summed E-state index contributed by atoms with van der Waals surface area (Å²) >= 11 is 5.77. The lowest BCUT2D eigenvalue weighted by Gasteiger charge is -2.12. The van der Waals surface area contributed by atoms with Crippen LogP contribution in [0.2, 0.25) is 5.15 Å². The Labute approximate surface area is 152 Å². The molecule has 1 heterocycles. The molecule has 2 N–H and O–H groups in total. The van der Waals surface area contributed by atoms with Gasteiger partial charge in [-0.2, -0.15) is 0 Å². The fourth-order valence-electron chi connectivity index (χ4n) is 2.09. The number of hydrogen-bond donors (Lipinski definition) is 2. The number of guanidine groups is 1. The van der Waals surface area contributed by atoms with Crippen LogP contribution in [-0.2, 0) is 6.42 Å². The molecule has 1 aromatic heterocycles. The third kappa shape index (κ3) is 7.39. The van der Waals surface area contributed by atoms with Crippen molar-refractivity contribution in [2.45, 2.75) is 13.3 Å². The Hall–Kier alpha value is -2.34. The number of nitrogens with zero attached hydrogens (tertiary/aromatic N) is 2. The van der Waals surface area contributed by atoms with Crippen LogP contribution in [0.5, 0.6) is 5.75 Å². The first kappa shape index (κ1) is 19.0. The standard InChI is InChI=1S/C18H22ClFN4O/c1-2-21-18(22-9-8-14-6-7-17(19)24-13-14)23-10-11-25-16-5-3-4-15(20)12-16/h3-7,12-13H,2,8-11H2,1H3,(H2,21,22,23). The van der Waals surface area contributed by atoms with Crippen molar-refractivity contribution in [1.29, 1.82) is 0 Å². The van der Waals surface area contributed by atoms with Gasteiger partial charge in [-0.1, -0.05) is 23.7 Å². The zero-order valence-electron chi connectivity index (χ0n) is 14.1. The van der Waals surface area contributed by atoms with Crippen LogP contribution < -0.4 is 15.4 Å². The van der Waals surface area contributed by atoms with E-state index in [1.165, 1.54) is 12.1 Å². The topological polar surface area (TPSA) is 58.5 Å². The van der Waals surface area contributed by atoms with Crippen molar-refractivity contribution in [2.24, 2.45) is 4.99 Å². The Morgan fingerprint density at radius 2 is 2.16 bits per heavy atom. The normalized spacial score (nSPS) is 11.2. The summed E-state index contributed by atoms with van der Waals surface area (Å²) < 4.78 is 18.6. The van der Waals surface area contributed by atoms with E-state index in [2.05, 4.69) is 20.6 Å².